The van der Waals surface area contributed by atoms with E-state index in [4.69, 9.17) is 33.2 Å². The van der Waals surface area contributed by atoms with Gasteiger partial charge in [0.25, 0.3) is 0 Å². The van der Waals surface area contributed by atoms with Gasteiger partial charge in [-0.25, -0.2) is 9.59 Å². The smallest absolute Gasteiger partial charge is 0.422 e. The summed E-state index contributed by atoms with van der Waals surface area (Å²) < 4.78 is 78.8. The molecule has 12 heteroatoms. The molecule has 0 spiro atoms. The molecule has 2 aliphatic rings. The Morgan fingerprint density at radius 1 is 1.04 bits per heavy atom. The molecule has 2 aliphatic heterocycles. The molecular weight excluding hydrogens is 597 g/mol. The van der Waals surface area contributed by atoms with Crippen molar-refractivity contribution in [2.24, 2.45) is 5.92 Å². The first-order valence-corrected chi connectivity index (χ1v) is 14.7. The number of carbonyl (C=O) groups excluding carboxylic acids is 2. The second kappa shape index (κ2) is 14.7. The molecule has 246 valence electrons. The summed E-state index contributed by atoms with van der Waals surface area (Å²) in [6.45, 7) is 5.38. The number of hydrogen-bond acceptors (Lipinski definition) is 9. The topological polar surface area (TPSA) is 98.8 Å². The van der Waals surface area contributed by atoms with Crippen LogP contribution in [-0.4, -0.2) is 68.8 Å². The van der Waals surface area contributed by atoms with Gasteiger partial charge >= 0.3 is 18.1 Å². The lowest BCUT2D eigenvalue weighted by Crippen LogP contribution is -2.39. The number of carbonyl (C=O) groups is 2. The van der Waals surface area contributed by atoms with E-state index >= 15 is 0 Å². The van der Waals surface area contributed by atoms with Gasteiger partial charge in [0.05, 0.1) is 11.7 Å². The van der Waals surface area contributed by atoms with Crippen LogP contribution in [0, 0.1) is 5.92 Å². The molecule has 4 rings (SSSR count). The first-order valence-electron chi connectivity index (χ1n) is 14.7. The van der Waals surface area contributed by atoms with Gasteiger partial charge in [0.2, 0.25) is 0 Å². The van der Waals surface area contributed by atoms with Crippen LogP contribution in [0.3, 0.4) is 0 Å². The summed E-state index contributed by atoms with van der Waals surface area (Å²) in [6.07, 6.45) is -2.60. The van der Waals surface area contributed by atoms with Gasteiger partial charge in [0.1, 0.15) is 35.4 Å². The number of hydrogen-bond donors (Lipinski definition) is 0. The van der Waals surface area contributed by atoms with Gasteiger partial charge < -0.3 is 33.2 Å². The molecule has 1 unspecified atom stereocenters. The third-order valence-corrected chi connectivity index (χ3v) is 7.57. The minimum atomic E-state index is -4.58. The van der Waals surface area contributed by atoms with Gasteiger partial charge in [-0.05, 0) is 69.7 Å². The van der Waals surface area contributed by atoms with Crippen molar-refractivity contribution in [3.8, 4) is 11.5 Å². The molecular formula is C33H39F3O9. The van der Waals surface area contributed by atoms with Gasteiger partial charge in [-0.1, -0.05) is 37.3 Å². The SMILES string of the molecule is COCOc1cc(OCC(F)(F)F)cc2c1C(=O)O[C@@H](C)[C@H](C)CCC(OC(=O)c1ccccc1)[C@H]1OC(C)(C)O[C@H]1CC=C2. The molecule has 5 atom stereocenters. The van der Waals surface area contributed by atoms with E-state index in [1.165, 1.54) is 19.2 Å². The summed E-state index contributed by atoms with van der Waals surface area (Å²) >= 11 is 0. The number of alkyl halides is 3. The van der Waals surface area contributed by atoms with Gasteiger partial charge in [-0.2, -0.15) is 13.2 Å². The number of cyclic esters (lactones) is 1. The maximum atomic E-state index is 13.6. The summed E-state index contributed by atoms with van der Waals surface area (Å²) in [5.41, 5.74) is 0.617. The quantitative estimate of drug-likeness (QED) is 0.242. The van der Waals surface area contributed by atoms with Crippen LogP contribution in [0.4, 0.5) is 13.2 Å². The molecule has 45 heavy (non-hydrogen) atoms. The van der Waals surface area contributed by atoms with E-state index in [1.54, 1.807) is 63.3 Å². The van der Waals surface area contributed by atoms with Gasteiger partial charge in [0, 0.05) is 13.2 Å². The minimum Gasteiger partial charge on any atom is -0.484 e. The van der Waals surface area contributed by atoms with E-state index in [9.17, 15) is 22.8 Å². The second-order valence-electron chi connectivity index (χ2n) is 11.6. The fourth-order valence-electron chi connectivity index (χ4n) is 5.21. The molecule has 9 nitrogen and oxygen atoms in total. The molecule has 1 fully saturated rings. The van der Waals surface area contributed by atoms with Crippen molar-refractivity contribution in [1.29, 1.82) is 0 Å². The summed E-state index contributed by atoms with van der Waals surface area (Å²) in [4.78, 5) is 26.7. The third kappa shape index (κ3) is 9.44. The van der Waals surface area contributed by atoms with E-state index in [1.807, 2.05) is 6.92 Å². The Kier molecular flexibility index (Phi) is 11.2. The molecule has 0 amide bonds. The minimum absolute atomic E-state index is 0.00825. The van der Waals surface area contributed by atoms with E-state index in [-0.39, 0.29) is 41.8 Å². The molecule has 2 heterocycles. The zero-order valence-corrected chi connectivity index (χ0v) is 25.9. The maximum absolute atomic E-state index is 13.6. The number of rotatable bonds is 7. The Bertz CT molecular complexity index is 1340. The Labute approximate surface area is 260 Å². The summed E-state index contributed by atoms with van der Waals surface area (Å²) in [5.74, 6) is -2.61. The van der Waals surface area contributed by atoms with E-state index < -0.39 is 54.9 Å². The number of benzene rings is 2. The molecule has 0 saturated carbocycles. The van der Waals surface area contributed by atoms with Crippen molar-refractivity contribution >= 4 is 18.0 Å². The van der Waals surface area contributed by atoms with E-state index in [0.29, 0.717) is 18.4 Å². The summed E-state index contributed by atoms with van der Waals surface area (Å²) in [5, 5.41) is 0. The van der Waals surface area contributed by atoms with Gasteiger partial charge in [0.15, 0.2) is 19.2 Å². The number of halogens is 3. The zero-order valence-electron chi connectivity index (χ0n) is 25.9. The van der Waals surface area contributed by atoms with Gasteiger partial charge in [-0.15, -0.1) is 0 Å². The monoisotopic (exact) mass is 636 g/mol. The Balaban J connectivity index is 1.73. The van der Waals surface area contributed by atoms with Crippen LogP contribution in [0.2, 0.25) is 0 Å². The largest absolute Gasteiger partial charge is 0.484 e. The Morgan fingerprint density at radius 3 is 2.47 bits per heavy atom. The number of ether oxygens (including phenoxy) is 7. The van der Waals surface area contributed by atoms with Crippen LogP contribution in [0.1, 0.15) is 73.2 Å². The number of esters is 2. The van der Waals surface area contributed by atoms with Gasteiger partial charge in [-0.3, -0.25) is 0 Å². The number of fused-ring (bicyclic) bond motifs is 2. The van der Waals surface area contributed by atoms with Crippen molar-refractivity contribution < 1.29 is 55.9 Å². The van der Waals surface area contributed by atoms with E-state index in [2.05, 4.69) is 0 Å². The lowest BCUT2D eigenvalue weighted by molar-refractivity contribution is -0.156. The predicted molar refractivity (Wildman–Crippen MR) is 157 cm³/mol. The average Bonchev–Trinajstić information content (AvgIpc) is 3.29. The maximum Gasteiger partial charge on any atom is 0.422 e. The molecule has 0 radical (unpaired) electrons. The molecule has 2 aromatic rings. The van der Waals surface area contributed by atoms with Crippen molar-refractivity contribution in [2.75, 3.05) is 20.5 Å². The summed E-state index contributed by atoms with van der Waals surface area (Å²) in [7, 11) is 1.37. The first kappa shape index (κ1) is 34.3. The van der Waals surface area contributed by atoms with Crippen molar-refractivity contribution in [3.05, 3.63) is 65.2 Å². The van der Waals surface area contributed by atoms with E-state index in [0.717, 1.165) is 0 Å². The van der Waals surface area contributed by atoms with Crippen LogP contribution < -0.4 is 9.47 Å². The normalized spacial score (nSPS) is 25.3. The van der Waals surface area contributed by atoms with Crippen LogP contribution >= 0.6 is 0 Å². The van der Waals surface area contributed by atoms with Crippen LogP contribution in [-0.2, 0) is 23.7 Å². The average molecular weight is 637 g/mol. The third-order valence-electron chi connectivity index (χ3n) is 7.57. The molecule has 0 aliphatic carbocycles. The van der Waals surface area contributed by atoms with Crippen LogP contribution in [0.25, 0.3) is 6.08 Å². The molecule has 2 aromatic carbocycles. The van der Waals surface area contributed by atoms with Crippen molar-refractivity contribution in [2.45, 2.75) is 83.3 Å². The lowest BCUT2D eigenvalue weighted by atomic mass is 9.93. The zero-order chi connectivity index (χ0) is 32.8. The van der Waals surface area contributed by atoms with Crippen LogP contribution in [0.5, 0.6) is 11.5 Å². The highest BCUT2D eigenvalue weighted by Gasteiger charge is 2.46. The lowest BCUT2D eigenvalue weighted by Gasteiger charge is -2.29. The standard InChI is InChI=1S/C33H39F3O9/c1-20-14-15-25(43-30(37)22-10-7-6-8-11-22)29-26(44-32(3,4)45-29)13-9-12-23-16-24(40-18-33(34,35)36)17-27(41-19-39-5)28(23)31(38)42-21(20)2/h6-12,16-17,20-21,25-26,29H,13-15,18-19H2,1-5H3/t20-,21+,25?,26+,29-/m1/s1. The highest BCUT2D eigenvalue weighted by atomic mass is 19.4. The molecule has 0 bridgehead atoms. The van der Waals surface area contributed by atoms with Crippen molar-refractivity contribution in [1.82, 2.24) is 0 Å². The fourth-order valence-corrected chi connectivity index (χ4v) is 5.21. The molecule has 1 saturated heterocycles. The highest BCUT2D eigenvalue weighted by molar-refractivity contribution is 5.97. The molecule has 0 aromatic heterocycles. The molecule has 0 N–H and O–H groups in total. The second-order valence-corrected chi connectivity index (χ2v) is 11.6. The highest BCUT2D eigenvalue weighted by Crippen LogP contribution is 2.37. The number of methoxy groups -OCH3 is 1. The Hall–Kier alpha value is -3.61. The Morgan fingerprint density at radius 2 is 1.78 bits per heavy atom. The first-order chi connectivity index (χ1) is 21.3. The predicted octanol–water partition coefficient (Wildman–Crippen LogP) is 6.73. The van der Waals surface area contributed by atoms with Crippen LogP contribution in [0.15, 0.2) is 48.5 Å². The van der Waals surface area contributed by atoms with Crippen molar-refractivity contribution in [3.63, 3.8) is 0 Å². The summed E-state index contributed by atoms with van der Waals surface area (Å²) in [6, 6.07) is 11.2. The fraction of sp³-hybridized carbons (Fsp3) is 0.515.